The number of hydrazine groups is 1. The maximum Gasteiger partial charge on any atom is 0.261 e. The third-order valence-corrected chi connectivity index (χ3v) is 3.53. The summed E-state index contributed by atoms with van der Waals surface area (Å²) in [4.78, 5) is 24.5. The van der Waals surface area contributed by atoms with Crippen molar-refractivity contribution in [3.05, 3.63) is 65.7 Å². The summed E-state index contributed by atoms with van der Waals surface area (Å²) in [6.07, 6.45) is 0. The number of rotatable bonds is 6. The van der Waals surface area contributed by atoms with E-state index in [1.807, 2.05) is 6.07 Å². The average Bonchev–Trinajstić information content (AvgIpc) is 2.58. The molecule has 0 bridgehead atoms. The minimum absolute atomic E-state index is 0.295. The Bertz CT molecular complexity index is 731. The standard InChI is InChI=1S/C18H19F2N3O2/c1-11(2)16(18(25)23-22-12-7-4-3-5-8-12)21-17(24)15-13(19)9-6-10-14(15)20/h3-11,16,22H,1-2H3,(H,21,24)(H,23,25). The van der Waals surface area contributed by atoms with E-state index in [2.05, 4.69) is 16.2 Å². The molecule has 0 aliphatic heterocycles. The van der Waals surface area contributed by atoms with Gasteiger partial charge in [0, 0.05) is 0 Å². The molecule has 2 aromatic carbocycles. The lowest BCUT2D eigenvalue weighted by molar-refractivity contribution is -0.123. The Morgan fingerprint density at radius 3 is 2.08 bits per heavy atom. The lowest BCUT2D eigenvalue weighted by Crippen LogP contribution is -2.51. The SMILES string of the molecule is CC(C)C(NC(=O)c1c(F)cccc1F)C(=O)NNc1ccccc1. The molecule has 1 unspecified atom stereocenters. The summed E-state index contributed by atoms with van der Waals surface area (Å²) in [6, 6.07) is 11.1. The van der Waals surface area contributed by atoms with Gasteiger partial charge in [0.15, 0.2) is 0 Å². The Kier molecular flexibility index (Phi) is 6.05. The van der Waals surface area contributed by atoms with Crippen molar-refractivity contribution >= 4 is 17.5 Å². The molecular formula is C18H19F2N3O2. The minimum Gasteiger partial charge on any atom is -0.340 e. The second kappa shape index (κ2) is 8.23. The monoisotopic (exact) mass is 347 g/mol. The Balaban J connectivity index is 2.07. The summed E-state index contributed by atoms with van der Waals surface area (Å²) in [7, 11) is 0. The van der Waals surface area contributed by atoms with Gasteiger partial charge in [-0.25, -0.2) is 8.78 Å². The first-order valence-corrected chi connectivity index (χ1v) is 7.76. The van der Waals surface area contributed by atoms with Crippen LogP contribution in [0.3, 0.4) is 0 Å². The summed E-state index contributed by atoms with van der Waals surface area (Å²) < 4.78 is 27.4. The highest BCUT2D eigenvalue weighted by atomic mass is 19.1. The third kappa shape index (κ3) is 4.76. The summed E-state index contributed by atoms with van der Waals surface area (Å²) in [6.45, 7) is 3.43. The first-order chi connectivity index (χ1) is 11.9. The number of anilines is 1. The Morgan fingerprint density at radius 2 is 1.52 bits per heavy atom. The zero-order valence-corrected chi connectivity index (χ0v) is 13.8. The molecule has 0 saturated carbocycles. The number of benzene rings is 2. The third-order valence-electron chi connectivity index (χ3n) is 3.53. The maximum absolute atomic E-state index is 13.7. The second-order valence-electron chi connectivity index (χ2n) is 5.77. The summed E-state index contributed by atoms with van der Waals surface area (Å²) in [5, 5.41) is 2.38. The van der Waals surface area contributed by atoms with Gasteiger partial charge in [0.05, 0.1) is 5.69 Å². The molecule has 0 fully saturated rings. The van der Waals surface area contributed by atoms with E-state index < -0.39 is 35.1 Å². The molecule has 2 amide bonds. The molecule has 0 spiro atoms. The highest BCUT2D eigenvalue weighted by Crippen LogP contribution is 2.13. The summed E-state index contributed by atoms with van der Waals surface area (Å²) in [5.41, 5.74) is 5.14. The summed E-state index contributed by atoms with van der Waals surface area (Å²) in [5.74, 6) is -3.77. The fourth-order valence-electron chi connectivity index (χ4n) is 2.20. The van der Waals surface area contributed by atoms with Gasteiger partial charge in [-0.3, -0.25) is 20.4 Å². The van der Waals surface area contributed by atoms with E-state index >= 15 is 0 Å². The van der Waals surface area contributed by atoms with Crippen LogP contribution in [0.25, 0.3) is 0 Å². The zero-order chi connectivity index (χ0) is 18.4. The quantitative estimate of drug-likeness (QED) is 0.704. The molecule has 1 atom stereocenters. The second-order valence-corrected chi connectivity index (χ2v) is 5.77. The van der Waals surface area contributed by atoms with Crippen LogP contribution in [-0.2, 0) is 4.79 Å². The predicted octanol–water partition coefficient (Wildman–Crippen LogP) is 2.86. The smallest absolute Gasteiger partial charge is 0.261 e. The van der Waals surface area contributed by atoms with Crippen molar-refractivity contribution in [2.24, 2.45) is 5.92 Å². The highest BCUT2D eigenvalue weighted by molar-refractivity contribution is 5.98. The largest absolute Gasteiger partial charge is 0.340 e. The van der Waals surface area contributed by atoms with Gasteiger partial charge in [0.25, 0.3) is 11.8 Å². The van der Waals surface area contributed by atoms with E-state index in [1.54, 1.807) is 38.1 Å². The van der Waals surface area contributed by atoms with Gasteiger partial charge in [-0.15, -0.1) is 0 Å². The fraction of sp³-hybridized carbons (Fsp3) is 0.222. The molecule has 0 saturated heterocycles. The molecule has 2 aromatic rings. The lowest BCUT2D eigenvalue weighted by Gasteiger charge is -2.22. The molecule has 5 nitrogen and oxygen atoms in total. The number of carbonyl (C=O) groups is 2. The van der Waals surface area contributed by atoms with Crippen LogP contribution in [0.15, 0.2) is 48.5 Å². The molecule has 0 radical (unpaired) electrons. The fourth-order valence-corrected chi connectivity index (χ4v) is 2.20. The molecular weight excluding hydrogens is 328 g/mol. The lowest BCUT2D eigenvalue weighted by atomic mass is 10.0. The van der Waals surface area contributed by atoms with E-state index in [4.69, 9.17) is 0 Å². The van der Waals surface area contributed by atoms with Crippen molar-refractivity contribution in [1.82, 2.24) is 10.7 Å². The van der Waals surface area contributed by atoms with Crippen LogP contribution >= 0.6 is 0 Å². The number of carbonyl (C=O) groups excluding carboxylic acids is 2. The number of para-hydroxylation sites is 1. The van der Waals surface area contributed by atoms with Crippen molar-refractivity contribution < 1.29 is 18.4 Å². The molecule has 0 aromatic heterocycles. The summed E-state index contributed by atoms with van der Waals surface area (Å²) >= 11 is 0. The van der Waals surface area contributed by atoms with Gasteiger partial charge in [-0.2, -0.15) is 0 Å². The van der Waals surface area contributed by atoms with E-state index in [1.165, 1.54) is 0 Å². The Labute approximate surface area is 144 Å². The van der Waals surface area contributed by atoms with Crippen molar-refractivity contribution in [3.63, 3.8) is 0 Å². The number of nitrogens with one attached hydrogen (secondary N) is 3. The molecule has 0 heterocycles. The van der Waals surface area contributed by atoms with Gasteiger partial charge < -0.3 is 5.32 Å². The van der Waals surface area contributed by atoms with E-state index in [0.717, 1.165) is 18.2 Å². The number of halogens is 2. The van der Waals surface area contributed by atoms with Gasteiger partial charge in [0.2, 0.25) is 0 Å². The number of hydrogen-bond acceptors (Lipinski definition) is 3. The zero-order valence-electron chi connectivity index (χ0n) is 13.8. The topological polar surface area (TPSA) is 70.2 Å². The number of amides is 2. The van der Waals surface area contributed by atoms with Crippen molar-refractivity contribution in [2.45, 2.75) is 19.9 Å². The molecule has 2 rings (SSSR count). The number of hydrogen-bond donors (Lipinski definition) is 3. The van der Waals surface area contributed by atoms with Gasteiger partial charge in [-0.1, -0.05) is 38.1 Å². The van der Waals surface area contributed by atoms with Crippen molar-refractivity contribution in [2.75, 3.05) is 5.43 Å². The van der Waals surface area contributed by atoms with Crippen molar-refractivity contribution in [3.8, 4) is 0 Å². The Hall–Kier alpha value is -2.96. The maximum atomic E-state index is 13.7. The highest BCUT2D eigenvalue weighted by Gasteiger charge is 2.27. The molecule has 3 N–H and O–H groups in total. The molecule has 132 valence electrons. The van der Waals surface area contributed by atoms with Gasteiger partial charge in [-0.05, 0) is 30.2 Å². The van der Waals surface area contributed by atoms with Gasteiger partial charge >= 0.3 is 0 Å². The van der Waals surface area contributed by atoms with Crippen LogP contribution in [0.2, 0.25) is 0 Å². The molecule has 25 heavy (non-hydrogen) atoms. The normalized spacial score (nSPS) is 11.7. The van der Waals surface area contributed by atoms with Crippen molar-refractivity contribution in [1.29, 1.82) is 0 Å². The van der Waals surface area contributed by atoms with Crippen LogP contribution in [-0.4, -0.2) is 17.9 Å². The van der Waals surface area contributed by atoms with E-state index in [0.29, 0.717) is 5.69 Å². The van der Waals surface area contributed by atoms with Gasteiger partial charge in [0.1, 0.15) is 23.2 Å². The molecule has 7 heteroatoms. The first kappa shape index (κ1) is 18.4. The van der Waals surface area contributed by atoms with E-state index in [9.17, 15) is 18.4 Å². The predicted molar refractivity (Wildman–Crippen MR) is 90.7 cm³/mol. The molecule has 0 aliphatic rings. The molecule has 0 aliphatic carbocycles. The van der Waals surface area contributed by atoms with E-state index in [-0.39, 0.29) is 5.92 Å². The van der Waals surface area contributed by atoms with Crippen LogP contribution in [0, 0.1) is 17.6 Å². The van der Waals surface area contributed by atoms with Crippen LogP contribution in [0.4, 0.5) is 14.5 Å². The minimum atomic E-state index is -0.983. The van der Waals surface area contributed by atoms with Crippen LogP contribution in [0.1, 0.15) is 24.2 Å². The van der Waals surface area contributed by atoms with Crippen LogP contribution in [0.5, 0.6) is 0 Å². The first-order valence-electron chi connectivity index (χ1n) is 7.76. The van der Waals surface area contributed by atoms with Crippen LogP contribution < -0.4 is 16.2 Å². The Morgan fingerprint density at radius 1 is 0.920 bits per heavy atom. The average molecular weight is 347 g/mol.